The molecule has 9 nitrogen and oxygen atoms in total. The van der Waals surface area contributed by atoms with E-state index in [0.717, 1.165) is 5.56 Å². The number of ether oxygens (including phenoxy) is 2. The highest BCUT2D eigenvalue weighted by atomic mass is 32.2. The minimum atomic E-state index is -4.11. The van der Waals surface area contributed by atoms with Crippen molar-refractivity contribution in [2.45, 2.75) is 50.5 Å². The van der Waals surface area contributed by atoms with Crippen molar-refractivity contribution in [2.24, 2.45) is 16.9 Å². The summed E-state index contributed by atoms with van der Waals surface area (Å²) in [6.45, 7) is 6.45. The Morgan fingerprint density at radius 2 is 1.62 bits per heavy atom. The highest BCUT2D eigenvalue weighted by Gasteiger charge is 2.56. The van der Waals surface area contributed by atoms with Crippen LogP contribution in [0.5, 0.6) is 0 Å². The number of hydrogen-bond acceptors (Lipinski definition) is 8. The van der Waals surface area contributed by atoms with Crippen LogP contribution in [0.15, 0.2) is 58.5 Å². The lowest BCUT2D eigenvalue weighted by molar-refractivity contribution is -0.163. The number of sulfonamides is 1. The largest absolute Gasteiger partial charge is 0.466 e. The summed E-state index contributed by atoms with van der Waals surface area (Å²) in [5.41, 5.74) is -0.605. The van der Waals surface area contributed by atoms with Gasteiger partial charge in [0.15, 0.2) is 0 Å². The summed E-state index contributed by atoms with van der Waals surface area (Å²) in [5, 5.41) is 15.5. The first-order valence-electron chi connectivity index (χ1n) is 11.9. The van der Waals surface area contributed by atoms with Crippen LogP contribution in [-0.4, -0.2) is 50.0 Å². The molecule has 37 heavy (non-hydrogen) atoms. The average Bonchev–Trinajstić information content (AvgIpc) is 2.83. The van der Waals surface area contributed by atoms with Crippen LogP contribution < -0.4 is 4.83 Å². The lowest BCUT2D eigenvalue weighted by atomic mass is 9.61. The summed E-state index contributed by atoms with van der Waals surface area (Å²) in [6, 6.07) is 11.2. The molecule has 200 valence electrons. The first-order valence-corrected chi connectivity index (χ1v) is 13.4. The summed E-state index contributed by atoms with van der Waals surface area (Å²) in [6.07, 6.45) is -0.325. The van der Waals surface area contributed by atoms with Gasteiger partial charge in [-0.15, -0.1) is 0 Å². The smallest absolute Gasteiger partial charge is 0.315 e. The predicted octanol–water partition coefficient (Wildman–Crippen LogP) is 3.07. The lowest BCUT2D eigenvalue weighted by Crippen LogP contribution is -2.55. The van der Waals surface area contributed by atoms with Gasteiger partial charge in [-0.3, -0.25) is 9.59 Å². The number of carbonyl (C=O) groups excluding carboxylic acids is 2. The van der Waals surface area contributed by atoms with Crippen molar-refractivity contribution in [1.29, 1.82) is 0 Å². The number of aliphatic hydroxyl groups is 1. The molecule has 1 fully saturated rings. The average molecular weight is 535 g/mol. The minimum absolute atomic E-state index is 0.00824. The third-order valence-electron chi connectivity index (χ3n) is 6.26. The van der Waals surface area contributed by atoms with E-state index in [2.05, 4.69) is 9.93 Å². The first-order chi connectivity index (χ1) is 17.4. The molecule has 0 aromatic heterocycles. The molecule has 1 saturated carbocycles. The Morgan fingerprint density at radius 3 is 2.19 bits per heavy atom. The fourth-order valence-corrected chi connectivity index (χ4v) is 5.43. The van der Waals surface area contributed by atoms with Crippen LogP contribution in [0.25, 0.3) is 0 Å². The van der Waals surface area contributed by atoms with Gasteiger partial charge in [0.1, 0.15) is 11.7 Å². The van der Waals surface area contributed by atoms with Crippen LogP contribution in [-0.2, 0) is 29.1 Å². The van der Waals surface area contributed by atoms with Crippen molar-refractivity contribution in [3.05, 3.63) is 65.5 Å². The first kappa shape index (κ1) is 28.3. The van der Waals surface area contributed by atoms with E-state index in [1.54, 1.807) is 26.0 Å². The highest BCUT2D eigenvalue weighted by Crippen LogP contribution is 2.47. The Balaban J connectivity index is 2.15. The normalized spacial score (nSPS) is 24.9. The van der Waals surface area contributed by atoms with E-state index in [0.29, 0.717) is 5.56 Å². The van der Waals surface area contributed by atoms with Crippen molar-refractivity contribution < 1.29 is 37.0 Å². The molecule has 2 aromatic rings. The van der Waals surface area contributed by atoms with Gasteiger partial charge in [0.2, 0.25) is 0 Å². The molecule has 2 aromatic carbocycles. The molecule has 0 aliphatic heterocycles. The molecule has 11 heteroatoms. The molecule has 0 bridgehead atoms. The van der Waals surface area contributed by atoms with E-state index >= 15 is 0 Å². The maximum atomic E-state index is 13.7. The zero-order valence-corrected chi connectivity index (χ0v) is 21.9. The van der Waals surface area contributed by atoms with Crippen LogP contribution >= 0.6 is 0 Å². The molecule has 0 heterocycles. The van der Waals surface area contributed by atoms with Gasteiger partial charge in [-0.05, 0) is 57.5 Å². The summed E-state index contributed by atoms with van der Waals surface area (Å²) < 4.78 is 50.0. The summed E-state index contributed by atoms with van der Waals surface area (Å²) >= 11 is 0. The predicted molar refractivity (Wildman–Crippen MR) is 134 cm³/mol. The molecular weight excluding hydrogens is 503 g/mol. The number of nitrogens with one attached hydrogen (secondary N) is 1. The maximum Gasteiger partial charge on any atom is 0.315 e. The number of halogens is 1. The minimum Gasteiger partial charge on any atom is -0.466 e. The fraction of sp³-hybridized carbons (Fsp3) is 0.423. The summed E-state index contributed by atoms with van der Waals surface area (Å²) in [4.78, 5) is 28.4. The lowest BCUT2D eigenvalue weighted by Gasteiger charge is -2.45. The fourth-order valence-electron chi connectivity index (χ4n) is 4.59. The Hall–Kier alpha value is -3.31. The Labute approximate surface area is 215 Å². The zero-order chi connectivity index (χ0) is 27.4. The molecule has 0 spiro atoms. The van der Waals surface area contributed by atoms with E-state index in [-0.39, 0.29) is 30.2 Å². The van der Waals surface area contributed by atoms with Crippen molar-refractivity contribution >= 4 is 27.7 Å². The van der Waals surface area contributed by atoms with Gasteiger partial charge >= 0.3 is 11.9 Å². The Morgan fingerprint density at radius 1 is 1.05 bits per heavy atom. The number of hydrogen-bond donors (Lipinski definition) is 2. The van der Waals surface area contributed by atoms with E-state index in [1.807, 2.05) is 6.92 Å². The molecule has 3 rings (SSSR count). The van der Waals surface area contributed by atoms with E-state index in [9.17, 15) is 27.5 Å². The van der Waals surface area contributed by atoms with Gasteiger partial charge in [-0.2, -0.15) is 13.5 Å². The highest BCUT2D eigenvalue weighted by molar-refractivity contribution is 7.89. The third kappa shape index (κ3) is 6.34. The molecule has 0 unspecified atom stereocenters. The number of carbonyl (C=O) groups is 2. The summed E-state index contributed by atoms with van der Waals surface area (Å²) in [5.74, 6) is -5.65. The molecule has 4 atom stereocenters. The number of benzene rings is 2. The molecule has 2 N–H and O–H groups in total. The van der Waals surface area contributed by atoms with Crippen LogP contribution in [0.3, 0.4) is 0 Å². The van der Waals surface area contributed by atoms with E-state index in [1.165, 1.54) is 43.3 Å². The molecule has 0 saturated heterocycles. The van der Waals surface area contributed by atoms with Crippen molar-refractivity contribution in [3.63, 3.8) is 0 Å². The van der Waals surface area contributed by atoms with Crippen LogP contribution in [0.4, 0.5) is 4.39 Å². The number of aryl methyl sites for hydroxylation is 1. The van der Waals surface area contributed by atoms with E-state index < -0.39 is 51.1 Å². The van der Waals surface area contributed by atoms with Gasteiger partial charge in [-0.1, -0.05) is 29.8 Å². The number of esters is 2. The van der Waals surface area contributed by atoms with Gasteiger partial charge < -0.3 is 14.6 Å². The molecule has 0 amide bonds. The van der Waals surface area contributed by atoms with Gasteiger partial charge in [0.05, 0.1) is 35.3 Å². The van der Waals surface area contributed by atoms with Crippen molar-refractivity contribution in [1.82, 2.24) is 4.83 Å². The number of rotatable bonds is 8. The quantitative estimate of drug-likeness (QED) is 0.393. The topological polar surface area (TPSA) is 131 Å². The van der Waals surface area contributed by atoms with Crippen molar-refractivity contribution in [3.8, 4) is 0 Å². The molecule has 1 aliphatic rings. The Kier molecular flexibility index (Phi) is 8.70. The number of hydrazone groups is 1. The van der Waals surface area contributed by atoms with E-state index in [4.69, 9.17) is 9.47 Å². The van der Waals surface area contributed by atoms with Crippen LogP contribution in [0.2, 0.25) is 0 Å². The van der Waals surface area contributed by atoms with Gasteiger partial charge in [0.25, 0.3) is 10.0 Å². The summed E-state index contributed by atoms with van der Waals surface area (Å²) in [7, 11) is -4.11. The second kappa shape index (κ2) is 11.4. The van der Waals surface area contributed by atoms with Crippen LogP contribution in [0.1, 0.15) is 44.2 Å². The second-order valence-corrected chi connectivity index (χ2v) is 10.7. The molecule has 1 aliphatic carbocycles. The number of nitrogens with zero attached hydrogens (tertiary/aromatic N) is 1. The SMILES string of the molecule is CCOC(=O)[C@H]1/C(=N\NS(=O)(=O)c2ccc(C)cc2)C[C@](C)(O)[C@@H](C(=O)OCC)[C@@H]1c1ccc(F)cc1. The second-order valence-electron chi connectivity index (χ2n) is 9.08. The molecule has 0 radical (unpaired) electrons. The van der Waals surface area contributed by atoms with Crippen LogP contribution in [0, 0.1) is 24.6 Å². The maximum absolute atomic E-state index is 13.7. The molecular formula is C26H31FN2O7S. The van der Waals surface area contributed by atoms with Crippen molar-refractivity contribution in [2.75, 3.05) is 13.2 Å². The monoisotopic (exact) mass is 534 g/mol. The standard InChI is InChI=1S/C26H31FN2O7S/c1-5-35-24(30)22-20(28-29-37(33,34)19-13-7-16(3)8-14-19)15-26(4,32)23(25(31)36-6-2)21(22)17-9-11-18(27)12-10-17/h7-14,21-23,29,32H,5-6,15H2,1-4H3/b28-20-/t21-,22+,23-,26+/m1/s1. The Bertz CT molecular complexity index is 1260. The zero-order valence-electron chi connectivity index (χ0n) is 21.1. The third-order valence-corrected chi connectivity index (χ3v) is 7.49. The van der Waals surface area contributed by atoms with Gasteiger partial charge in [0, 0.05) is 12.3 Å². The van der Waals surface area contributed by atoms with Gasteiger partial charge in [-0.25, -0.2) is 9.22 Å².